The van der Waals surface area contributed by atoms with E-state index in [9.17, 15) is 4.79 Å². The number of carbonyl (C=O) groups is 1. The summed E-state index contributed by atoms with van der Waals surface area (Å²) in [7, 11) is 0. The Labute approximate surface area is 123 Å². The molecule has 0 amide bonds. The fourth-order valence-corrected chi connectivity index (χ4v) is 2.93. The third-order valence-corrected chi connectivity index (χ3v) is 4.18. The largest absolute Gasteiger partial charge is 0.466 e. The van der Waals surface area contributed by atoms with E-state index in [1.807, 2.05) is 6.92 Å². The van der Waals surface area contributed by atoms with Gasteiger partial charge in [0, 0.05) is 19.6 Å². The summed E-state index contributed by atoms with van der Waals surface area (Å²) in [5.41, 5.74) is 5.82. The Hall–Kier alpha value is -0.610. The van der Waals surface area contributed by atoms with Gasteiger partial charge in [-0.2, -0.15) is 0 Å². The maximum Gasteiger partial charge on any atom is 0.305 e. The topological polar surface area (TPSA) is 61.5 Å². The van der Waals surface area contributed by atoms with E-state index in [1.54, 1.807) is 0 Å². The number of hydrogen-bond donors (Lipinski definition) is 1. The fourth-order valence-electron chi connectivity index (χ4n) is 2.93. The fraction of sp³-hybridized carbons (Fsp3) is 0.938. The molecule has 0 saturated heterocycles. The van der Waals surface area contributed by atoms with Crippen LogP contribution < -0.4 is 5.73 Å². The zero-order valence-corrected chi connectivity index (χ0v) is 12.9. The monoisotopic (exact) mass is 285 g/mol. The van der Waals surface area contributed by atoms with E-state index in [-0.39, 0.29) is 5.97 Å². The Morgan fingerprint density at radius 2 is 1.90 bits per heavy atom. The van der Waals surface area contributed by atoms with E-state index in [1.165, 1.54) is 25.7 Å². The van der Waals surface area contributed by atoms with Gasteiger partial charge in [-0.3, -0.25) is 4.79 Å². The van der Waals surface area contributed by atoms with Crippen molar-refractivity contribution in [1.82, 2.24) is 0 Å². The molecule has 1 rings (SSSR count). The number of ether oxygens (including phenoxy) is 2. The van der Waals surface area contributed by atoms with Gasteiger partial charge in [-0.25, -0.2) is 0 Å². The van der Waals surface area contributed by atoms with Gasteiger partial charge in [0.1, 0.15) is 0 Å². The number of carbonyl (C=O) groups excluding carboxylic acids is 1. The molecule has 4 heteroatoms. The quantitative estimate of drug-likeness (QED) is 0.495. The van der Waals surface area contributed by atoms with E-state index in [4.69, 9.17) is 15.2 Å². The smallest absolute Gasteiger partial charge is 0.305 e. The summed E-state index contributed by atoms with van der Waals surface area (Å²) < 4.78 is 10.7. The summed E-state index contributed by atoms with van der Waals surface area (Å²) in [6, 6.07) is 0. The Morgan fingerprint density at radius 3 is 2.60 bits per heavy atom. The van der Waals surface area contributed by atoms with Crippen LogP contribution in [0.4, 0.5) is 0 Å². The molecular formula is C16H31NO3. The Morgan fingerprint density at radius 1 is 1.15 bits per heavy atom. The summed E-state index contributed by atoms with van der Waals surface area (Å²) in [5.74, 6) is 1.24. The van der Waals surface area contributed by atoms with Crippen LogP contribution in [0.15, 0.2) is 0 Å². The Bertz CT molecular complexity index is 258. The standard InChI is InChI=1S/C16H31NO3/c1-2-20-16(18)10-4-3-7-11-19-13-15-9-6-5-8-14(15)12-17/h14-15H,2-13,17H2,1H3. The zero-order chi connectivity index (χ0) is 14.6. The molecular weight excluding hydrogens is 254 g/mol. The molecule has 1 fully saturated rings. The van der Waals surface area contributed by atoms with Crippen molar-refractivity contribution in [3.05, 3.63) is 0 Å². The van der Waals surface area contributed by atoms with Crippen molar-refractivity contribution in [1.29, 1.82) is 0 Å². The molecule has 0 aromatic rings. The molecule has 20 heavy (non-hydrogen) atoms. The van der Waals surface area contributed by atoms with Gasteiger partial charge in [0.2, 0.25) is 0 Å². The molecule has 4 nitrogen and oxygen atoms in total. The predicted octanol–water partition coefficient (Wildman–Crippen LogP) is 2.89. The number of unbranched alkanes of at least 4 members (excludes halogenated alkanes) is 2. The van der Waals surface area contributed by atoms with Crippen molar-refractivity contribution >= 4 is 5.97 Å². The molecule has 1 aliphatic carbocycles. The molecule has 2 unspecified atom stereocenters. The van der Waals surface area contributed by atoms with Crippen molar-refractivity contribution < 1.29 is 14.3 Å². The van der Waals surface area contributed by atoms with Crippen LogP contribution in [0.5, 0.6) is 0 Å². The second-order valence-electron chi connectivity index (χ2n) is 5.73. The lowest BCUT2D eigenvalue weighted by Gasteiger charge is -2.30. The van der Waals surface area contributed by atoms with Gasteiger partial charge in [0.15, 0.2) is 0 Å². The minimum absolute atomic E-state index is 0.0820. The highest BCUT2D eigenvalue weighted by molar-refractivity contribution is 5.69. The zero-order valence-electron chi connectivity index (χ0n) is 12.9. The average Bonchev–Trinajstić information content (AvgIpc) is 2.47. The summed E-state index contributed by atoms with van der Waals surface area (Å²) in [6.07, 6.45) is 8.68. The summed E-state index contributed by atoms with van der Waals surface area (Å²) in [5, 5.41) is 0. The molecule has 0 spiro atoms. The van der Waals surface area contributed by atoms with Crippen molar-refractivity contribution in [2.75, 3.05) is 26.4 Å². The number of nitrogens with two attached hydrogens (primary N) is 1. The van der Waals surface area contributed by atoms with Crippen molar-refractivity contribution in [2.24, 2.45) is 17.6 Å². The van der Waals surface area contributed by atoms with Crippen LogP contribution >= 0.6 is 0 Å². The number of rotatable bonds is 10. The van der Waals surface area contributed by atoms with Gasteiger partial charge in [0.25, 0.3) is 0 Å². The van der Waals surface area contributed by atoms with Crippen LogP contribution in [0.2, 0.25) is 0 Å². The molecule has 2 N–H and O–H groups in total. The average molecular weight is 285 g/mol. The third-order valence-electron chi connectivity index (χ3n) is 4.18. The number of hydrogen-bond acceptors (Lipinski definition) is 4. The number of esters is 1. The highest BCUT2D eigenvalue weighted by Gasteiger charge is 2.23. The summed E-state index contributed by atoms with van der Waals surface area (Å²) in [6.45, 7) is 4.78. The summed E-state index contributed by atoms with van der Waals surface area (Å²) in [4.78, 5) is 11.1. The SMILES string of the molecule is CCOC(=O)CCCCCOCC1CCCCC1CN. The first-order valence-corrected chi connectivity index (χ1v) is 8.21. The van der Waals surface area contributed by atoms with Gasteiger partial charge in [0.05, 0.1) is 6.61 Å². The highest BCUT2D eigenvalue weighted by atomic mass is 16.5. The normalized spacial score (nSPS) is 22.7. The first-order chi connectivity index (χ1) is 9.77. The molecule has 0 heterocycles. The lowest BCUT2D eigenvalue weighted by Crippen LogP contribution is -2.30. The van der Waals surface area contributed by atoms with E-state index in [2.05, 4.69) is 0 Å². The van der Waals surface area contributed by atoms with Gasteiger partial charge in [-0.05, 0) is 51.0 Å². The van der Waals surface area contributed by atoms with Crippen LogP contribution in [-0.2, 0) is 14.3 Å². The maximum absolute atomic E-state index is 11.1. The van der Waals surface area contributed by atoms with Crippen molar-refractivity contribution in [3.8, 4) is 0 Å². The van der Waals surface area contributed by atoms with E-state index >= 15 is 0 Å². The molecule has 0 radical (unpaired) electrons. The molecule has 1 aliphatic rings. The second kappa shape index (κ2) is 11.1. The maximum atomic E-state index is 11.1. The molecule has 118 valence electrons. The second-order valence-corrected chi connectivity index (χ2v) is 5.73. The Kier molecular flexibility index (Phi) is 9.67. The van der Waals surface area contributed by atoms with E-state index in [0.29, 0.717) is 24.9 Å². The van der Waals surface area contributed by atoms with Gasteiger partial charge < -0.3 is 15.2 Å². The van der Waals surface area contributed by atoms with Crippen molar-refractivity contribution in [2.45, 2.75) is 58.3 Å². The lowest BCUT2D eigenvalue weighted by atomic mass is 9.80. The molecule has 0 aliphatic heterocycles. The van der Waals surface area contributed by atoms with Gasteiger partial charge >= 0.3 is 5.97 Å². The van der Waals surface area contributed by atoms with Gasteiger partial charge in [-0.1, -0.05) is 19.3 Å². The van der Waals surface area contributed by atoms with Crippen LogP contribution in [0.3, 0.4) is 0 Å². The minimum Gasteiger partial charge on any atom is -0.466 e. The highest BCUT2D eigenvalue weighted by Crippen LogP contribution is 2.29. The third kappa shape index (κ3) is 7.25. The van der Waals surface area contributed by atoms with Gasteiger partial charge in [-0.15, -0.1) is 0 Å². The van der Waals surface area contributed by atoms with Crippen LogP contribution in [0, 0.1) is 11.8 Å². The van der Waals surface area contributed by atoms with E-state index < -0.39 is 0 Å². The Balaban J connectivity index is 1.95. The molecule has 0 aromatic carbocycles. The van der Waals surface area contributed by atoms with Crippen LogP contribution in [-0.4, -0.2) is 32.3 Å². The molecule has 0 aromatic heterocycles. The summed E-state index contributed by atoms with van der Waals surface area (Å²) >= 11 is 0. The molecule has 2 atom stereocenters. The van der Waals surface area contributed by atoms with E-state index in [0.717, 1.165) is 39.0 Å². The first kappa shape index (κ1) is 17.4. The van der Waals surface area contributed by atoms with Crippen LogP contribution in [0.25, 0.3) is 0 Å². The lowest BCUT2D eigenvalue weighted by molar-refractivity contribution is -0.143. The molecule has 1 saturated carbocycles. The molecule has 0 bridgehead atoms. The van der Waals surface area contributed by atoms with Crippen molar-refractivity contribution in [3.63, 3.8) is 0 Å². The first-order valence-electron chi connectivity index (χ1n) is 8.21. The van der Waals surface area contributed by atoms with Crippen LogP contribution in [0.1, 0.15) is 58.3 Å². The predicted molar refractivity (Wildman–Crippen MR) is 80.4 cm³/mol. The minimum atomic E-state index is -0.0820.